The van der Waals surface area contributed by atoms with Gasteiger partial charge in [0, 0.05) is 25.2 Å². The number of hydrogen-bond donors (Lipinski definition) is 0. The van der Waals surface area contributed by atoms with Crippen molar-refractivity contribution in [3.05, 3.63) is 52.6 Å². The van der Waals surface area contributed by atoms with E-state index in [0.717, 1.165) is 54.6 Å². The standard InChI is InChI=1S/C22H25NO4/c1-24-19-4-5-20-17(9-19)8-15(14-27-20)12-23-7-6-16-10-21(25-2)22(26-3)11-18(16)13-23/h4-5,8-11H,6-7,12-14H2,1-3H3. The van der Waals surface area contributed by atoms with E-state index in [1.54, 1.807) is 21.3 Å². The van der Waals surface area contributed by atoms with E-state index in [1.165, 1.54) is 16.7 Å². The predicted octanol–water partition coefficient (Wildman–Crippen LogP) is 3.55. The molecule has 0 spiro atoms. The van der Waals surface area contributed by atoms with Crippen molar-refractivity contribution in [2.45, 2.75) is 13.0 Å². The van der Waals surface area contributed by atoms with E-state index in [9.17, 15) is 0 Å². The fourth-order valence-electron chi connectivity index (χ4n) is 3.78. The molecule has 142 valence electrons. The first kappa shape index (κ1) is 17.7. The molecule has 2 aliphatic heterocycles. The molecule has 0 radical (unpaired) electrons. The molecule has 0 atom stereocenters. The average Bonchev–Trinajstić information content (AvgIpc) is 2.72. The molecule has 5 nitrogen and oxygen atoms in total. The Morgan fingerprint density at radius 3 is 2.48 bits per heavy atom. The highest BCUT2D eigenvalue weighted by atomic mass is 16.5. The lowest BCUT2D eigenvalue weighted by molar-refractivity contribution is 0.256. The van der Waals surface area contributed by atoms with Crippen molar-refractivity contribution < 1.29 is 18.9 Å². The Morgan fingerprint density at radius 1 is 0.963 bits per heavy atom. The lowest BCUT2D eigenvalue weighted by atomic mass is 9.98. The molecule has 4 rings (SSSR count). The van der Waals surface area contributed by atoms with Gasteiger partial charge in [0.2, 0.25) is 0 Å². The zero-order valence-electron chi connectivity index (χ0n) is 16.1. The normalized spacial score (nSPS) is 15.9. The third-order valence-corrected chi connectivity index (χ3v) is 5.21. The summed E-state index contributed by atoms with van der Waals surface area (Å²) < 4.78 is 22.1. The van der Waals surface area contributed by atoms with Gasteiger partial charge in [-0.1, -0.05) is 0 Å². The highest BCUT2D eigenvalue weighted by Crippen LogP contribution is 2.34. The van der Waals surface area contributed by atoms with E-state index in [-0.39, 0.29) is 0 Å². The van der Waals surface area contributed by atoms with Gasteiger partial charge in [0.05, 0.1) is 21.3 Å². The van der Waals surface area contributed by atoms with E-state index < -0.39 is 0 Å². The minimum atomic E-state index is 0.634. The Hall–Kier alpha value is -2.66. The van der Waals surface area contributed by atoms with Crippen LogP contribution in [-0.2, 0) is 13.0 Å². The monoisotopic (exact) mass is 367 g/mol. The Labute approximate surface area is 160 Å². The molecule has 2 heterocycles. The van der Waals surface area contributed by atoms with Crippen molar-refractivity contribution in [1.82, 2.24) is 4.90 Å². The Kier molecular flexibility index (Phi) is 4.94. The van der Waals surface area contributed by atoms with E-state index in [2.05, 4.69) is 23.1 Å². The predicted molar refractivity (Wildman–Crippen MR) is 105 cm³/mol. The molecule has 0 amide bonds. The topological polar surface area (TPSA) is 40.2 Å². The van der Waals surface area contributed by atoms with Gasteiger partial charge in [0.25, 0.3) is 0 Å². The summed E-state index contributed by atoms with van der Waals surface area (Å²) in [5.74, 6) is 3.36. The van der Waals surface area contributed by atoms with Crippen LogP contribution < -0.4 is 18.9 Å². The molecule has 0 bridgehead atoms. The second-order valence-electron chi connectivity index (χ2n) is 6.93. The molecular formula is C22H25NO4. The summed E-state index contributed by atoms with van der Waals surface area (Å²) in [7, 11) is 5.05. The average molecular weight is 367 g/mol. The van der Waals surface area contributed by atoms with Gasteiger partial charge >= 0.3 is 0 Å². The van der Waals surface area contributed by atoms with Crippen molar-refractivity contribution in [1.29, 1.82) is 0 Å². The van der Waals surface area contributed by atoms with Crippen LogP contribution in [0.3, 0.4) is 0 Å². The summed E-state index contributed by atoms with van der Waals surface area (Å²) in [6.07, 6.45) is 3.24. The number of fused-ring (bicyclic) bond motifs is 2. The summed E-state index contributed by atoms with van der Waals surface area (Å²) in [6, 6.07) is 10.1. The van der Waals surface area contributed by atoms with E-state index in [4.69, 9.17) is 18.9 Å². The van der Waals surface area contributed by atoms with Crippen LogP contribution in [0.4, 0.5) is 0 Å². The summed E-state index contributed by atoms with van der Waals surface area (Å²) in [5.41, 5.74) is 5.00. The zero-order valence-corrected chi connectivity index (χ0v) is 16.1. The SMILES string of the molecule is COc1ccc2c(c1)C=C(CN1CCc3cc(OC)c(OC)cc3C1)CO2. The molecule has 0 saturated carbocycles. The molecule has 2 aliphatic rings. The molecule has 2 aromatic carbocycles. The van der Waals surface area contributed by atoms with Crippen LogP contribution in [0.15, 0.2) is 35.9 Å². The molecule has 5 heteroatoms. The number of nitrogens with zero attached hydrogens (tertiary/aromatic N) is 1. The molecule has 0 aliphatic carbocycles. The lowest BCUT2D eigenvalue weighted by Gasteiger charge is -2.31. The van der Waals surface area contributed by atoms with Gasteiger partial charge in [-0.05, 0) is 59.5 Å². The molecule has 0 N–H and O–H groups in total. The number of methoxy groups -OCH3 is 3. The highest BCUT2D eigenvalue weighted by molar-refractivity contribution is 5.64. The number of rotatable bonds is 5. The van der Waals surface area contributed by atoms with Crippen LogP contribution in [0.5, 0.6) is 23.0 Å². The maximum Gasteiger partial charge on any atom is 0.161 e. The van der Waals surface area contributed by atoms with Crippen LogP contribution in [0.25, 0.3) is 6.08 Å². The minimum Gasteiger partial charge on any atom is -0.497 e. The third kappa shape index (κ3) is 3.60. The number of ether oxygens (including phenoxy) is 4. The molecular weight excluding hydrogens is 342 g/mol. The summed E-state index contributed by atoms with van der Waals surface area (Å²) in [4.78, 5) is 2.45. The minimum absolute atomic E-state index is 0.634. The van der Waals surface area contributed by atoms with Crippen LogP contribution in [0.2, 0.25) is 0 Å². The van der Waals surface area contributed by atoms with E-state index >= 15 is 0 Å². The van der Waals surface area contributed by atoms with Gasteiger partial charge < -0.3 is 18.9 Å². The summed E-state index contributed by atoms with van der Waals surface area (Å²) in [5, 5.41) is 0. The largest absolute Gasteiger partial charge is 0.497 e. The van der Waals surface area contributed by atoms with Gasteiger partial charge in [-0.3, -0.25) is 4.90 Å². The van der Waals surface area contributed by atoms with Gasteiger partial charge in [-0.25, -0.2) is 0 Å². The van der Waals surface area contributed by atoms with Gasteiger partial charge in [-0.2, -0.15) is 0 Å². The van der Waals surface area contributed by atoms with Crippen LogP contribution in [0, 0.1) is 0 Å². The van der Waals surface area contributed by atoms with Crippen LogP contribution in [0.1, 0.15) is 16.7 Å². The highest BCUT2D eigenvalue weighted by Gasteiger charge is 2.21. The first-order valence-electron chi connectivity index (χ1n) is 9.16. The smallest absolute Gasteiger partial charge is 0.161 e. The summed E-state index contributed by atoms with van der Waals surface area (Å²) >= 11 is 0. The van der Waals surface area contributed by atoms with Crippen molar-refractivity contribution in [3.63, 3.8) is 0 Å². The third-order valence-electron chi connectivity index (χ3n) is 5.21. The molecule has 0 unspecified atom stereocenters. The van der Waals surface area contributed by atoms with Crippen molar-refractivity contribution >= 4 is 6.08 Å². The van der Waals surface area contributed by atoms with Crippen LogP contribution >= 0.6 is 0 Å². The Bertz CT molecular complexity index is 875. The molecule has 0 saturated heterocycles. The molecule has 2 aromatic rings. The Morgan fingerprint density at radius 2 is 1.74 bits per heavy atom. The number of benzene rings is 2. The van der Waals surface area contributed by atoms with Crippen molar-refractivity contribution in [3.8, 4) is 23.0 Å². The second kappa shape index (κ2) is 7.53. The second-order valence-corrected chi connectivity index (χ2v) is 6.93. The van der Waals surface area contributed by atoms with E-state index in [1.807, 2.05) is 18.2 Å². The van der Waals surface area contributed by atoms with Crippen molar-refractivity contribution in [2.75, 3.05) is 41.0 Å². The molecule has 27 heavy (non-hydrogen) atoms. The number of hydrogen-bond acceptors (Lipinski definition) is 5. The first-order chi connectivity index (χ1) is 13.2. The van der Waals surface area contributed by atoms with Crippen molar-refractivity contribution in [2.24, 2.45) is 0 Å². The zero-order chi connectivity index (χ0) is 18.8. The lowest BCUT2D eigenvalue weighted by Crippen LogP contribution is -2.33. The van der Waals surface area contributed by atoms with E-state index in [0.29, 0.717) is 6.61 Å². The summed E-state index contributed by atoms with van der Waals surface area (Å²) in [6.45, 7) is 3.45. The molecule has 0 aromatic heterocycles. The van der Waals surface area contributed by atoms with Gasteiger partial charge in [0.15, 0.2) is 11.5 Å². The Balaban J connectivity index is 1.51. The quantitative estimate of drug-likeness (QED) is 0.808. The van der Waals surface area contributed by atoms with Gasteiger partial charge in [-0.15, -0.1) is 0 Å². The maximum atomic E-state index is 5.93. The molecule has 0 fully saturated rings. The fourth-order valence-corrected chi connectivity index (χ4v) is 3.78. The van der Waals surface area contributed by atoms with Crippen LogP contribution in [-0.4, -0.2) is 45.9 Å². The first-order valence-corrected chi connectivity index (χ1v) is 9.16. The maximum absolute atomic E-state index is 5.93. The fraction of sp³-hybridized carbons (Fsp3) is 0.364. The van der Waals surface area contributed by atoms with Gasteiger partial charge in [0.1, 0.15) is 18.1 Å².